The maximum Gasteiger partial charge on any atom is 0.134 e. The molecule has 1 unspecified atom stereocenters. The van der Waals surface area contributed by atoms with Gasteiger partial charge in [-0.05, 0) is 20.8 Å². The lowest BCUT2D eigenvalue weighted by atomic mass is 10.1. The lowest BCUT2D eigenvalue weighted by Gasteiger charge is -2.24. The topological polar surface area (TPSA) is 55.5 Å². The molecular formula is C6H15NO2. The van der Waals surface area contributed by atoms with Gasteiger partial charge in [-0.3, -0.25) is 0 Å². The second-order valence-corrected chi connectivity index (χ2v) is 2.53. The van der Waals surface area contributed by atoms with E-state index < -0.39 is 11.8 Å². The van der Waals surface area contributed by atoms with Crippen molar-refractivity contribution in [2.45, 2.75) is 32.6 Å². The minimum absolute atomic E-state index is 0.533. The van der Waals surface area contributed by atoms with Crippen LogP contribution in [0.4, 0.5) is 0 Å². The van der Waals surface area contributed by atoms with Crippen LogP contribution < -0.4 is 5.73 Å². The molecule has 3 N–H and O–H groups in total. The fourth-order valence-electron chi connectivity index (χ4n) is 0.383. The van der Waals surface area contributed by atoms with Crippen molar-refractivity contribution in [1.29, 1.82) is 0 Å². The molecule has 1 atom stereocenters. The summed E-state index contributed by atoms with van der Waals surface area (Å²) in [5.41, 5.74) is 4.45. The first-order chi connectivity index (χ1) is 3.98. The van der Waals surface area contributed by atoms with Crippen LogP contribution in [-0.4, -0.2) is 23.5 Å². The molecule has 0 aromatic carbocycles. The first-order valence-electron chi connectivity index (χ1n) is 3.08. The first-order valence-corrected chi connectivity index (χ1v) is 3.08. The molecule has 0 aliphatic carbocycles. The molecule has 0 fully saturated rings. The van der Waals surface area contributed by atoms with Crippen molar-refractivity contribution in [3.63, 3.8) is 0 Å². The Kier molecular flexibility index (Phi) is 3.11. The van der Waals surface area contributed by atoms with E-state index in [9.17, 15) is 0 Å². The highest BCUT2D eigenvalue weighted by Crippen LogP contribution is 2.06. The normalized spacial score (nSPS) is 15.7. The zero-order valence-corrected chi connectivity index (χ0v) is 6.22. The molecule has 0 heterocycles. The average Bonchev–Trinajstić information content (AvgIpc) is 1.64. The summed E-state index contributed by atoms with van der Waals surface area (Å²) >= 11 is 0. The summed E-state index contributed by atoms with van der Waals surface area (Å²) in [5, 5.41) is 9.17. The molecule has 3 nitrogen and oxygen atoms in total. The van der Waals surface area contributed by atoms with Crippen LogP contribution >= 0.6 is 0 Å². The summed E-state index contributed by atoms with van der Waals surface area (Å²) in [6.07, 6.45) is -0.581. The van der Waals surface area contributed by atoms with Crippen molar-refractivity contribution < 1.29 is 9.84 Å². The number of ether oxygens (including phenoxy) is 1. The minimum Gasteiger partial charge on any atom is -0.386 e. The van der Waals surface area contributed by atoms with E-state index in [2.05, 4.69) is 0 Å². The van der Waals surface area contributed by atoms with Crippen molar-refractivity contribution in [2.24, 2.45) is 5.73 Å². The molecule has 0 saturated heterocycles. The van der Waals surface area contributed by atoms with E-state index in [-0.39, 0.29) is 0 Å². The zero-order valence-electron chi connectivity index (χ0n) is 6.22. The quantitative estimate of drug-likeness (QED) is 0.536. The van der Waals surface area contributed by atoms with Crippen LogP contribution in [-0.2, 0) is 4.74 Å². The largest absolute Gasteiger partial charge is 0.386 e. The molecule has 0 spiro atoms. The van der Waals surface area contributed by atoms with E-state index in [1.165, 1.54) is 0 Å². The van der Waals surface area contributed by atoms with E-state index in [4.69, 9.17) is 15.6 Å². The minimum atomic E-state index is -0.935. The Labute approximate surface area is 55.8 Å². The average molecular weight is 133 g/mol. The fraction of sp³-hybridized carbons (Fsp3) is 1.00. The van der Waals surface area contributed by atoms with Gasteiger partial charge in [0.2, 0.25) is 0 Å². The lowest BCUT2D eigenvalue weighted by molar-refractivity contribution is -0.0813. The van der Waals surface area contributed by atoms with Gasteiger partial charge in [-0.25, -0.2) is 0 Å². The molecule has 0 rings (SSSR count). The molecule has 9 heavy (non-hydrogen) atoms. The van der Waals surface area contributed by atoms with E-state index in [0.717, 1.165) is 0 Å². The summed E-state index contributed by atoms with van der Waals surface area (Å²) in [6, 6.07) is 0. The molecule has 0 aromatic heterocycles. The number of rotatable bonds is 3. The smallest absolute Gasteiger partial charge is 0.134 e. The third-order valence-electron chi connectivity index (χ3n) is 1.04. The number of hydrogen-bond acceptors (Lipinski definition) is 3. The van der Waals surface area contributed by atoms with E-state index in [0.29, 0.717) is 6.61 Å². The number of hydrogen-bond donors (Lipinski definition) is 2. The number of nitrogens with two attached hydrogens (primary N) is 1. The van der Waals surface area contributed by atoms with Crippen LogP contribution in [0.5, 0.6) is 0 Å². The Balaban J connectivity index is 3.59. The Morgan fingerprint density at radius 1 is 1.67 bits per heavy atom. The summed E-state index contributed by atoms with van der Waals surface area (Å²) in [5.74, 6) is 0. The molecule has 0 aliphatic heterocycles. The fourth-order valence-corrected chi connectivity index (χ4v) is 0.383. The molecule has 3 heteroatoms. The van der Waals surface area contributed by atoms with Crippen molar-refractivity contribution in [2.75, 3.05) is 6.61 Å². The first kappa shape index (κ1) is 8.88. The molecule has 0 aliphatic rings. The second-order valence-electron chi connectivity index (χ2n) is 2.53. The molecular weight excluding hydrogens is 118 g/mol. The van der Waals surface area contributed by atoms with Crippen LogP contribution in [0.2, 0.25) is 0 Å². The van der Waals surface area contributed by atoms with Crippen LogP contribution in [0.1, 0.15) is 20.8 Å². The van der Waals surface area contributed by atoms with Crippen LogP contribution in [0.3, 0.4) is 0 Å². The summed E-state index contributed by atoms with van der Waals surface area (Å²) < 4.78 is 4.93. The molecule has 56 valence electrons. The maximum absolute atomic E-state index is 9.17. The molecule has 0 bridgehead atoms. The molecule has 0 radical (unpaired) electrons. The van der Waals surface area contributed by atoms with E-state index >= 15 is 0 Å². The summed E-state index contributed by atoms with van der Waals surface area (Å²) in [6.45, 7) is 5.61. The molecule has 0 aromatic rings. The second kappa shape index (κ2) is 3.15. The number of aliphatic hydroxyl groups is 1. The maximum atomic E-state index is 9.17. The van der Waals surface area contributed by atoms with Gasteiger partial charge in [0.05, 0.1) is 5.60 Å². The summed E-state index contributed by atoms with van der Waals surface area (Å²) in [7, 11) is 0. The zero-order chi connectivity index (χ0) is 7.49. The van der Waals surface area contributed by atoms with Gasteiger partial charge in [0.1, 0.15) is 6.23 Å². The van der Waals surface area contributed by atoms with Gasteiger partial charge in [0.15, 0.2) is 0 Å². The van der Waals surface area contributed by atoms with Gasteiger partial charge in [0, 0.05) is 6.61 Å². The predicted octanol–water partition coefficient (Wildman–Crippen LogP) is 0.0786. The molecule has 0 amide bonds. The summed E-state index contributed by atoms with van der Waals surface area (Å²) in [4.78, 5) is 0. The Bertz CT molecular complexity index is 77.6. The highest BCUT2D eigenvalue weighted by Gasteiger charge is 2.22. The highest BCUT2D eigenvalue weighted by molar-refractivity contribution is 4.71. The van der Waals surface area contributed by atoms with Gasteiger partial charge in [-0.15, -0.1) is 0 Å². The van der Waals surface area contributed by atoms with Gasteiger partial charge < -0.3 is 15.6 Å². The van der Waals surface area contributed by atoms with Gasteiger partial charge in [-0.2, -0.15) is 0 Å². The van der Waals surface area contributed by atoms with E-state index in [1.807, 2.05) is 6.92 Å². The Morgan fingerprint density at radius 3 is 2.22 bits per heavy atom. The predicted molar refractivity (Wildman–Crippen MR) is 35.9 cm³/mol. The van der Waals surface area contributed by atoms with Crippen molar-refractivity contribution in [3.05, 3.63) is 0 Å². The molecule has 0 saturated carbocycles. The Morgan fingerprint density at radius 2 is 2.11 bits per heavy atom. The van der Waals surface area contributed by atoms with E-state index in [1.54, 1.807) is 13.8 Å². The van der Waals surface area contributed by atoms with Crippen LogP contribution in [0.25, 0.3) is 0 Å². The third kappa shape index (κ3) is 3.46. The van der Waals surface area contributed by atoms with Crippen LogP contribution in [0, 0.1) is 0 Å². The van der Waals surface area contributed by atoms with Crippen molar-refractivity contribution in [3.8, 4) is 0 Å². The van der Waals surface area contributed by atoms with Gasteiger partial charge >= 0.3 is 0 Å². The highest BCUT2D eigenvalue weighted by atomic mass is 16.5. The Hall–Kier alpha value is -0.120. The van der Waals surface area contributed by atoms with Gasteiger partial charge in [0.25, 0.3) is 0 Å². The van der Waals surface area contributed by atoms with Crippen molar-refractivity contribution in [1.82, 2.24) is 0 Å². The van der Waals surface area contributed by atoms with Gasteiger partial charge in [-0.1, -0.05) is 0 Å². The monoisotopic (exact) mass is 133 g/mol. The lowest BCUT2D eigenvalue weighted by Crippen LogP contribution is -2.44. The van der Waals surface area contributed by atoms with Crippen LogP contribution in [0.15, 0.2) is 0 Å². The standard InChI is InChI=1S/C6H15NO2/c1-4-9-5(7)6(2,3)8/h5,8H,4,7H2,1-3H3. The SMILES string of the molecule is CCOC(N)C(C)(C)O. The van der Waals surface area contributed by atoms with Crippen molar-refractivity contribution >= 4 is 0 Å². The third-order valence-corrected chi connectivity index (χ3v) is 1.04.